The third-order valence-electron chi connectivity index (χ3n) is 5.91. The zero-order valence-corrected chi connectivity index (χ0v) is 21.0. The van der Waals surface area contributed by atoms with Gasteiger partial charge in [-0.2, -0.15) is 4.57 Å². The molecule has 35 heavy (non-hydrogen) atoms. The number of aromatic nitrogens is 1. The van der Waals surface area contributed by atoms with Crippen LogP contribution in [0.25, 0.3) is 16.3 Å². The second kappa shape index (κ2) is 9.89. The lowest BCUT2D eigenvalue weighted by atomic mass is 9.94. The van der Waals surface area contributed by atoms with E-state index in [2.05, 4.69) is 0 Å². The molecular weight excluding hydrogens is 504 g/mol. The fraction of sp³-hybridized carbons (Fsp3) is 0.192. The molecule has 2 aliphatic rings. The van der Waals surface area contributed by atoms with Gasteiger partial charge in [0.1, 0.15) is 11.2 Å². The minimum absolute atomic E-state index is 0.125. The second-order valence-corrected chi connectivity index (χ2v) is 10.8. The van der Waals surface area contributed by atoms with Crippen molar-refractivity contribution in [2.45, 2.75) is 30.7 Å². The van der Waals surface area contributed by atoms with Gasteiger partial charge in [0.2, 0.25) is 12.1 Å². The van der Waals surface area contributed by atoms with Crippen LogP contribution < -0.4 is 9.47 Å². The fourth-order valence-corrected chi connectivity index (χ4v) is 6.94. The molecule has 5 rings (SSSR count). The molecule has 1 aliphatic carbocycles. The van der Waals surface area contributed by atoms with E-state index in [-0.39, 0.29) is 13.1 Å². The van der Waals surface area contributed by atoms with Gasteiger partial charge in [-0.15, -0.1) is 0 Å². The average Bonchev–Trinajstić information content (AvgIpc) is 3.34. The molecule has 1 aromatic heterocycles. The van der Waals surface area contributed by atoms with Gasteiger partial charge in [0, 0.05) is 22.1 Å². The Balaban J connectivity index is 1.54. The van der Waals surface area contributed by atoms with Crippen molar-refractivity contribution in [3.8, 4) is 0 Å². The van der Waals surface area contributed by atoms with Crippen molar-refractivity contribution >= 4 is 68.6 Å². The molecule has 2 aromatic carbocycles. The van der Waals surface area contributed by atoms with E-state index in [1.54, 1.807) is 23.1 Å². The Labute approximate surface area is 215 Å². The first kappa shape index (κ1) is 23.7. The first-order valence-corrected chi connectivity index (χ1v) is 13.1. The van der Waals surface area contributed by atoms with E-state index in [0.29, 0.717) is 5.03 Å². The molecule has 9 heteroatoms. The molecule has 0 saturated heterocycles. The van der Waals surface area contributed by atoms with E-state index >= 15 is 0 Å². The van der Waals surface area contributed by atoms with Crippen molar-refractivity contribution in [1.82, 2.24) is 0 Å². The highest BCUT2D eigenvalue weighted by molar-refractivity contribution is 8.03. The van der Waals surface area contributed by atoms with Crippen LogP contribution in [0.4, 0.5) is 5.69 Å². The number of thiazole rings is 1. The van der Waals surface area contributed by atoms with Gasteiger partial charge in [-0.1, -0.05) is 59.0 Å². The normalized spacial score (nSPS) is 18.0. The van der Waals surface area contributed by atoms with Crippen molar-refractivity contribution < 1.29 is 24.4 Å². The van der Waals surface area contributed by atoms with Crippen LogP contribution >= 0.6 is 34.7 Å². The molecule has 0 fully saturated rings. The van der Waals surface area contributed by atoms with E-state index in [1.165, 1.54) is 0 Å². The second-order valence-electron chi connectivity index (χ2n) is 8.28. The van der Waals surface area contributed by atoms with Crippen LogP contribution in [0.5, 0.6) is 0 Å². The highest BCUT2D eigenvalue weighted by atomic mass is 35.5. The van der Waals surface area contributed by atoms with E-state index in [9.17, 15) is 19.8 Å². The number of aliphatic carboxylic acids is 2. The summed E-state index contributed by atoms with van der Waals surface area (Å²) in [5.41, 5.74) is 3.69. The number of para-hydroxylation sites is 2. The molecule has 0 radical (unpaired) electrons. The van der Waals surface area contributed by atoms with Crippen molar-refractivity contribution in [3.63, 3.8) is 0 Å². The van der Waals surface area contributed by atoms with E-state index in [0.717, 1.165) is 61.2 Å². The van der Waals surface area contributed by atoms with Crippen molar-refractivity contribution in [2.75, 3.05) is 11.4 Å². The average molecular weight is 526 g/mol. The Morgan fingerprint density at radius 3 is 2.60 bits per heavy atom. The molecular formula is C26H22ClN2O4S2+. The van der Waals surface area contributed by atoms with Crippen LogP contribution in [-0.4, -0.2) is 28.7 Å². The highest BCUT2D eigenvalue weighted by Crippen LogP contribution is 2.47. The Bertz CT molecular complexity index is 1440. The summed E-state index contributed by atoms with van der Waals surface area (Å²) in [5.74, 6) is -1.80. The van der Waals surface area contributed by atoms with Crippen molar-refractivity contribution in [2.24, 2.45) is 0 Å². The van der Waals surface area contributed by atoms with Crippen LogP contribution in [0.1, 0.15) is 24.3 Å². The number of carboxylic acid groups (broad SMARTS) is 2. The van der Waals surface area contributed by atoms with Gasteiger partial charge >= 0.3 is 11.9 Å². The van der Waals surface area contributed by atoms with Crippen LogP contribution in [0, 0.1) is 0 Å². The van der Waals surface area contributed by atoms with E-state index in [1.807, 2.05) is 70.1 Å². The molecule has 6 nitrogen and oxygen atoms in total. The first-order valence-electron chi connectivity index (χ1n) is 11.1. The van der Waals surface area contributed by atoms with Crippen LogP contribution in [-0.2, 0) is 16.1 Å². The van der Waals surface area contributed by atoms with Gasteiger partial charge in [-0.3, -0.25) is 4.79 Å². The molecule has 0 amide bonds. The summed E-state index contributed by atoms with van der Waals surface area (Å²) in [5, 5.41) is 21.2. The number of hydrogen-bond acceptors (Lipinski definition) is 5. The molecule has 2 heterocycles. The minimum Gasteiger partial charge on any atom is -0.480 e. The molecule has 1 aliphatic heterocycles. The summed E-state index contributed by atoms with van der Waals surface area (Å²) in [6.07, 6.45) is 6.48. The zero-order valence-electron chi connectivity index (χ0n) is 18.6. The SMILES string of the molecule is O=C(O)CN1/C(=C\C2=C(Cl)C(=C/c3sc4ccccc4[n+]3CC(=O)O)/CCC2)Sc2ccccc21. The number of carbonyl (C=O) groups is 2. The van der Waals surface area contributed by atoms with Crippen molar-refractivity contribution in [1.29, 1.82) is 0 Å². The monoisotopic (exact) mass is 525 g/mol. The molecule has 0 unspecified atom stereocenters. The third-order valence-corrected chi connectivity index (χ3v) is 8.62. The van der Waals surface area contributed by atoms with Crippen molar-refractivity contribution in [3.05, 3.63) is 80.8 Å². The quantitative estimate of drug-likeness (QED) is 0.392. The number of carboxylic acids is 2. The van der Waals surface area contributed by atoms with Gasteiger partial charge < -0.3 is 15.1 Å². The number of hydrogen-bond donors (Lipinski definition) is 2. The summed E-state index contributed by atoms with van der Waals surface area (Å²) in [7, 11) is 0. The van der Waals surface area contributed by atoms with Gasteiger partial charge in [0.25, 0.3) is 5.01 Å². The largest absolute Gasteiger partial charge is 0.480 e. The number of halogens is 1. The summed E-state index contributed by atoms with van der Waals surface area (Å²) in [6.45, 7) is -0.249. The number of rotatable bonds is 6. The Kier molecular flexibility index (Phi) is 6.69. The summed E-state index contributed by atoms with van der Waals surface area (Å²) in [4.78, 5) is 25.9. The Morgan fingerprint density at radius 1 is 1.03 bits per heavy atom. The van der Waals surface area contributed by atoms with Gasteiger partial charge in [0.15, 0.2) is 0 Å². The fourth-order valence-electron chi connectivity index (χ4n) is 4.38. The topological polar surface area (TPSA) is 81.7 Å². The molecule has 2 N–H and O–H groups in total. The smallest absolute Gasteiger partial charge is 0.370 e. The number of benzene rings is 2. The number of nitrogens with zero attached hydrogens (tertiary/aromatic N) is 2. The predicted octanol–water partition coefficient (Wildman–Crippen LogP) is 5.87. The molecule has 0 saturated carbocycles. The third kappa shape index (κ3) is 4.87. The standard InChI is InChI=1S/C26H21ClN2O4S2/c27-26-16(12-22-28(14-24(30)31)18-8-1-3-10-20(18)34-22)6-5-7-17(26)13-23-29(15-25(32)33)19-9-2-4-11-21(19)35-23/h1-4,8-13H,5-7,14-15H2,(H-,30,31,32,33)/p+1. The van der Waals surface area contributed by atoms with Crippen LogP contribution in [0.3, 0.4) is 0 Å². The lowest BCUT2D eigenvalue weighted by Crippen LogP contribution is -2.39. The number of fused-ring (bicyclic) bond motifs is 2. The van der Waals surface area contributed by atoms with Crippen LogP contribution in [0.15, 0.2) is 80.7 Å². The molecule has 3 aromatic rings. The maximum atomic E-state index is 11.5. The molecule has 0 atom stereocenters. The lowest BCUT2D eigenvalue weighted by Gasteiger charge is -2.21. The maximum absolute atomic E-state index is 11.5. The van der Waals surface area contributed by atoms with Gasteiger partial charge in [-0.05, 0) is 54.7 Å². The van der Waals surface area contributed by atoms with E-state index in [4.69, 9.17) is 11.6 Å². The Morgan fingerprint density at radius 2 is 1.80 bits per heavy atom. The predicted molar refractivity (Wildman–Crippen MR) is 140 cm³/mol. The number of anilines is 1. The minimum atomic E-state index is -0.898. The first-order chi connectivity index (χ1) is 16.9. The molecule has 178 valence electrons. The zero-order chi connectivity index (χ0) is 24.5. The van der Waals surface area contributed by atoms with E-state index < -0.39 is 11.9 Å². The van der Waals surface area contributed by atoms with Crippen LogP contribution in [0.2, 0.25) is 0 Å². The lowest BCUT2D eigenvalue weighted by molar-refractivity contribution is -0.657. The molecule has 0 spiro atoms. The van der Waals surface area contributed by atoms with Gasteiger partial charge in [0.05, 0.1) is 10.7 Å². The number of thioether (sulfide) groups is 1. The maximum Gasteiger partial charge on any atom is 0.370 e. The van der Waals surface area contributed by atoms with Gasteiger partial charge in [-0.25, -0.2) is 4.79 Å². The number of allylic oxidation sites excluding steroid dienone is 4. The summed E-state index contributed by atoms with van der Waals surface area (Å²) < 4.78 is 2.83. The highest BCUT2D eigenvalue weighted by Gasteiger charge is 2.28. The summed E-state index contributed by atoms with van der Waals surface area (Å²) >= 11 is 9.99. The Hall–Kier alpha value is -3.07. The molecule has 0 bridgehead atoms. The summed E-state index contributed by atoms with van der Waals surface area (Å²) in [6, 6.07) is 15.5.